The highest BCUT2D eigenvalue weighted by Gasteiger charge is 2.28. The van der Waals surface area contributed by atoms with Crippen LogP contribution in [0.5, 0.6) is 0 Å². The summed E-state index contributed by atoms with van der Waals surface area (Å²) in [4.78, 5) is 4.73. The van der Waals surface area contributed by atoms with Gasteiger partial charge < -0.3 is 10.3 Å². The van der Waals surface area contributed by atoms with Crippen LogP contribution in [0.1, 0.15) is 61.8 Å². The average Bonchev–Trinajstić information content (AvgIpc) is 3.49. The first-order valence-electron chi connectivity index (χ1n) is 11.0. The van der Waals surface area contributed by atoms with E-state index in [4.69, 9.17) is 10.7 Å². The number of aromatic nitrogens is 6. The summed E-state index contributed by atoms with van der Waals surface area (Å²) in [7, 11) is 0. The second-order valence-corrected chi connectivity index (χ2v) is 8.18. The van der Waals surface area contributed by atoms with Gasteiger partial charge in [0, 0.05) is 18.0 Å². The monoisotopic (exact) mass is 413 g/mol. The van der Waals surface area contributed by atoms with Crippen molar-refractivity contribution in [2.24, 2.45) is 5.73 Å². The first kappa shape index (κ1) is 19.6. The molecule has 0 saturated heterocycles. The fraction of sp³-hybridized carbons (Fsp3) is 0.333. The van der Waals surface area contributed by atoms with E-state index in [1.807, 2.05) is 24.4 Å². The molecule has 2 atom stereocenters. The van der Waals surface area contributed by atoms with E-state index in [9.17, 15) is 0 Å². The molecule has 0 aliphatic carbocycles. The predicted octanol–water partition coefficient (Wildman–Crippen LogP) is 4.46. The standard InChI is InChI=1S/C24H27N7/c1-2-3-8-23-26-15-22-20(25)13-14-21(31(22)23)17-11-9-16(10-12-17)18-6-4-5-7-19(18)24-27-29-30-28-24/h4-7,9-12,15,20-21H,2-3,8,13-14,25H2,1H3,(H,27,28,29,30). The van der Waals surface area contributed by atoms with E-state index in [0.29, 0.717) is 5.82 Å². The molecule has 0 spiro atoms. The third kappa shape index (κ3) is 3.65. The van der Waals surface area contributed by atoms with Gasteiger partial charge in [-0.25, -0.2) is 4.98 Å². The molecule has 2 unspecified atom stereocenters. The summed E-state index contributed by atoms with van der Waals surface area (Å²) in [6.45, 7) is 2.22. The van der Waals surface area contributed by atoms with Gasteiger partial charge in [-0.2, -0.15) is 5.21 Å². The Morgan fingerprint density at radius 1 is 1.06 bits per heavy atom. The summed E-state index contributed by atoms with van der Waals surface area (Å²) in [5, 5.41) is 14.6. The SMILES string of the molecule is CCCCc1ncc2n1C(c1ccc(-c3ccccc3-c3nn[nH]n3)cc1)CCC2N. The molecule has 7 heteroatoms. The van der Waals surface area contributed by atoms with Gasteiger partial charge in [0.15, 0.2) is 0 Å². The summed E-state index contributed by atoms with van der Waals surface area (Å²) in [6, 6.07) is 17.3. The smallest absolute Gasteiger partial charge is 0.205 e. The number of hydrogen-bond donors (Lipinski definition) is 2. The van der Waals surface area contributed by atoms with E-state index in [1.165, 1.54) is 5.56 Å². The van der Waals surface area contributed by atoms with Crippen molar-refractivity contribution >= 4 is 0 Å². The maximum absolute atomic E-state index is 6.41. The fourth-order valence-electron chi connectivity index (χ4n) is 4.59. The summed E-state index contributed by atoms with van der Waals surface area (Å²) < 4.78 is 2.39. The fourth-order valence-corrected chi connectivity index (χ4v) is 4.59. The van der Waals surface area contributed by atoms with Gasteiger partial charge in [-0.05, 0) is 41.2 Å². The third-order valence-corrected chi connectivity index (χ3v) is 6.22. The zero-order valence-electron chi connectivity index (χ0n) is 17.7. The molecular weight excluding hydrogens is 386 g/mol. The van der Waals surface area contributed by atoms with Crippen LogP contribution in [0, 0.1) is 0 Å². The van der Waals surface area contributed by atoms with Crippen LogP contribution in [0.3, 0.4) is 0 Å². The maximum atomic E-state index is 6.41. The van der Waals surface area contributed by atoms with E-state index < -0.39 is 0 Å². The van der Waals surface area contributed by atoms with E-state index >= 15 is 0 Å². The van der Waals surface area contributed by atoms with E-state index in [0.717, 1.165) is 60.3 Å². The van der Waals surface area contributed by atoms with Crippen LogP contribution in [-0.4, -0.2) is 30.2 Å². The molecule has 0 fully saturated rings. The topological polar surface area (TPSA) is 98.3 Å². The molecule has 0 amide bonds. The predicted molar refractivity (Wildman–Crippen MR) is 120 cm³/mol. The highest BCUT2D eigenvalue weighted by Crippen LogP contribution is 2.37. The van der Waals surface area contributed by atoms with Gasteiger partial charge in [-0.1, -0.05) is 61.9 Å². The van der Waals surface area contributed by atoms with E-state index in [-0.39, 0.29) is 12.1 Å². The number of hydrogen-bond acceptors (Lipinski definition) is 5. The number of nitrogens with zero attached hydrogens (tertiary/aromatic N) is 5. The number of imidazole rings is 1. The van der Waals surface area contributed by atoms with Crippen LogP contribution in [0.15, 0.2) is 54.7 Å². The molecule has 5 rings (SSSR count). The number of nitrogens with two attached hydrogens (primary N) is 1. The molecular formula is C24H27N7. The Hall–Kier alpha value is -3.32. The molecule has 2 aromatic carbocycles. The van der Waals surface area contributed by atoms with Crippen LogP contribution in [0.25, 0.3) is 22.5 Å². The van der Waals surface area contributed by atoms with Crippen molar-refractivity contribution in [3.05, 3.63) is 71.8 Å². The molecule has 1 aliphatic rings. The highest BCUT2D eigenvalue weighted by molar-refractivity contribution is 5.80. The largest absolute Gasteiger partial charge is 0.323 e. The van der Waals surface area contributed by atoms with Crippen LogP contribution >= 0.6 is 0 Å². The molecule has 1 aliphatic heterocycles. The zero-order valence-corrected chi connectivity index (χ0v) is 17.7. The summed E-state index contributed by atoms with van der Waals surface area (Å²) in [5.41, 5.74) is 12.1. The average molecular weight is 414 g/mol. The number of tetrazole rings is 1. The van der Waals surface area contributed by atoms with Crippen LogP contribution in [0.2, 0.25) is 0 Å². The van der Waals surface area contributed by atoms with Gasteiger partial charge in [0.1, 0.15) is 5.82 Å². The number of aryl methyl sites for hydroxylation is 1. The minimum absolute atomic E-state index is 0.0697. The van der Waals surface area contributed by atoms with Crippen molar-refractivity contribution in [2.75, 3.05) is 0 Å². The zero-order chi connectivity index (χ0) is 21.2. The van der Waals surface area contributed by atoms with Crippen molar-refractivity contribution in [2.45, 2.75) is 51.1 Å². The number of H-pyrrole nitrogens is 1. The van der Waals surface area contributed by atoms with Crippen molar-refractivity contribution in [1.29, 1.82) is 0 Å². The molecule has 158 valence electrons. The Balaban J connectivity index is 1.49. The Labute approximate surface area is 181 Å². The van der Waals surface area contributed by atoms with Gasteiger partial charge in [0.2, 0.25) is 5.82 Å². The lowest BCUT2D eigenvalue weighted by molar-refractivity contribution is 0.396. The number of aromatic amines is 1. The number of benzene rings is 2. The van der Waals surface area contributed by atoms with Gasteiger partial charge in [-0.3, -0.25) is 0 Å². The lowest BCUT2D eigenvalue weighted by Crippen LogP contribution is -2.27. The molecule has 3 N–H and O–H groups in total. The van der Waals surface area contributed by atoms with Crippen LogP contribution in [-0.2, 0) is 6.42 Å². The summed E-state index contributed by atoms with van der Waals surface area (Å²) in [6.07, 6.45) is 7.29. The highest BCUT2D eigenvalue weighted by atomic mass is 15.5. The van der Waals surface area contributed by atoms with Crippen LogP contribution < -0.4 is 5.73 Å². The molecule has 0 radical (unpaired) electrons. The summed E-state index contributed by atoms with van der Waals surface area (Å²) in [5.74, 6) is 1.76. The van der Waals surface area contributed by atoms with Crippen molar-refractivity contribution < 1.29 is 0 Å². The minimum Gasteiger partial charge on any atom is -0.323 e. The second kappa shape index (κ2) is 8.43. The molecule has 0 bridgehead atoms. The number of unbranched alkanes of at least 4 members (excludes halogenated alkanes) is 1. The van der Waals surface area contributed by atoms with Crippen LogP contribution in [0.4, 0.5) is 0 Å². The Kier molecular flexibility index (Phi) is 5.34. The number of fused-ring (bicyclic) bond motifs is 1. The molecule has 31 heavy (non-hydrogen) atoms. The lowest BCUT2D eigenvalue weighted by Gasteiger charge is -2.31. The summed E-state index contributed by atoms with van der Waals surface area (Å²) >= 11 is 0. The third-order valence-electron chi connectivity index (χ3n) is 6.22. The van der Waals surface area contributed by atoms with Gasteiger partial charge in [-0.15, -0.1) is 10.2 Å². The molecule has 0 saturated carbocycles. The minimum atomic E-state index is 0.0697. The molecule has 7 nitrogen and oxygen atoms in total. The second-order valence-electron chi connectivity index (χ2n) is 8.18. The molecule has 4 aromatic rings. The number of rotatable bonds is 6. The van der Waals surface area contributed by atoms with Gasteiger partial charge >= 0.3 is 0 Å². The quantitative estimate of drug-likeness (QED) is 0.486. The first-order valence-corrected chi connectivity index (χ1v) is 11.0. The number of nitrogens with one attached hydrogen (secondary N) is 1. The lowest BCUT2D eigenvalue weighted by atomic mass is 9.91. The van der Waals surface area contributed by atoms with Gasteiger partial charge in [0.25, 0.3) is 0 Å². The molecule has 2 aromatic heterocycles. The maximum Gasteiger partial charge on any atom is 0.205 e. The Morgan fingerprint density at radius 2 is 1.87 bits per heavy atom. The van der Waals surface area contributed by atoms with E-state index in [2.05, 4.69) is 62.4 Å². The van der Waals surface area contributed by atoms with Crippen molar-refractivity contribution in [3.63, 3.8) is 0 Å². The van der Waals surface area contributed by atoms with Crippen molar-refractivity contribution in [3.8, 4) is 22.5 Å². The van der Waals surface area contributed by atoms with Crippen molar-refractivity contribution in [1.82, 2.24) is 30.2 Å². The normalized spacial score (nSPS) is 18.1. The Bertz CT molecular complexity index is 1150. The van der Waals surface area contributed by atoms with E-state index in [1.54, 1.807) is 0 Å². The molecule has 3 heterocycles. The Morgan fingerprint density at radius 3 is 2.61 bits per heavy atom. The van der Waals surface area contributed by atoms with Gasteiger partial charge in [0.05, 0.1) is 17.9 Å². The first-order chi connectivity index (χ1) is 15.3.